The van der Waals surface area contributed by atoms with Crippen molar-refractivity contribution in [2.45, 2.75) is 19.3 Å². The van der Waals surface area contributed by atoms with Crippen molar-refractivity contribution in [3.8, 4) is 17.3 Å². The van der Waals surface area contributed by atoms with Crippen LogP contribution in [0.2, 0.25) is 0 Å². The number of nitriles is 1. The van der Waals surface area contributed by atoms with E-state index >= 15 is 0 Å². The van der Waals surface area contributed by atoms with Crippen LogP contribution in [0.1, 0.15) is 29.8 Å². The number of aromatic amines is 1. The molecule has 3 heterocycles. The summed E-state index contributed by atoms with van der Waals surface area (Å²) < 4.78 is 1.84. The zero-order chi connectivity index (χ0) is 18.1. The number of rotatable bonds is 6. The van der Waals surface area contributed by atoms with Gasteiger partial charge in [-0.15, -0.1) is 0 Å². The van der Waals surface area contributed by atoms with E-state index in [1.54, 1.807) is 0 Å². The number of nitrogens with zero attached hydrogens (tertiary/aromatic N) is 5. The van der Waals surface area contributed by atoms with Gasteiger partial charge in [-0.2, -0.15) is 5.26 Å². The van der Waals surface area contributed by atoms with Crippen LogP contribution >= 0.6 is 0 Å². The first-order valence-corrected chi connectivity index (χ1v) is 8.78. The van der Waals surface area contributed by atoms with Crippen molar-refractivity contribution in [2.75, 3.05) is 13.1 Å². The number of fused-ring (bicyclic) bond motifs is 1. The monoisotopic (exact) mass is 348 g/mol. The Labute approximate surface area is 151 Å². The number of H-pyrrole nitrogens is 1. The Hall–Kier alpha value is -3.14. The van der Waals surface area contributed by atoms with Gasteiger partial charge >= 0.3 is 0 Å². The summed E-state index contributed by atoms with van der Waals surface area (Å²) in [5.74, 6) is 0.555. The molecule has 0 spiro atoms. The van der Waals surface area contributed by atoms with Crippen molar-refractivity contribution in [3.63, 3.8) is 0 Å². The first-order chi connectivity index (χ1) is 12.7. The summed E-state index contributed by atoms with van der Waals surface area (Å²) in [7, 11) is 1.87. The van der Waals surface area contributed by atoms with E-state index in [2.05, 4.69) is 21.0 Å². The fraction of sp³-hybridized carbons (Fsp3) is 0.368. The minimum atomic E-state index is -0.0275. The average molecular weight is 348 g/mol. The molecule has 0 aromatic carbocycles. The zero-order valence-corrected chi connectivity index (χ0v) is 14.6. The fourth-order valence-corrected chi connectivity index (χ4v) is 3.24. The molecule has 0 bridgehead atoms. The van der Waals surface area contributed by atoms with Crippen molar-refractivity contribution >= 4 is 16.9 Å². The number of amides is 1. The van der Waals surface area contributed by atoms with Crippen LogP contribution in [0.25, 0.3) is 22.3 Å². The molecular formula is C19H20N6O. The quantitative estimate of drug-likeness (QED) is 0.741. The average Bonchev–Trinajstić information content (AvgIpc) is 3.18. The van der Waals surface area contributed by atoms with Crippen molar-refractivity contribution in [1.82, 2.24) is 24.4 Å². The van der Waals surface area contributed by atoms with Crippen LogP contribution in [0.15, 0.2) is 30.9 Å². The fourth-order valence-electron chi connectivity index (χ4n) is 3.24. The molecule has 0 atom stereocenters. The molecule has 4 rings (SSSR count). The Morgan fingerprint density at radius 1 is 1.46 bits per heavy atom. The number of hydrogen-bond donors (Lipinski definition) is 1. The molecule has 1 aliphatic carbocycles. The van der Waals surface area contributed by atoms with Crippen molar-refractivity contribution < 1.29 is 4.79 Å². The summed E-state index contributed by atoms with van der Waals surface area (Å²) in [5.41, 5.74) is 3.07. The maximum Gasteiger partial charge on any atom is 0.270 e. The van der Waals surface area contributed by atoms with E-state index in [0.717, 1.165) is 28.8 Å². The zero-order valence-electron chi connectivity index (χ0n) is 14.6. The highest BCUT2D eigenvalue weighted by atomic mass is 16.2. The van der Waals surface area contributed by atoms with Gasteiger partial charge in [-0.05, 0) is 30.9 Å². The number of aryl methyl sites for hydroxylation is 1. The van der Waals surface area contributed by atoms with Crippen molar-refractivity contribution in [1.29, 1.82) is 5.26 Å². The molecule has 1 aliphatic rings. The highest BCUT2D eigenvalue weighted by Gasteiger charge is 2.28. The van der Waals surface area contributed by atoms with E-state index in [1.165, 1.54) is 19.2 Å². The molecule has 0 saturated heterocycles. The topological polar surface area (TPSA) is 90.6 Å². The van der Waals surface area contributed by atoms with Crippen LogP contribution in [-0.4, -0.2) is 43.4 Å². The van der Waals surface area contributed by atoms with Gasteiger partial charge in [0.15, 0.2) is 0 Å². The molecule has 132 valence electrons. The second kappa shape index (κ2) is 6.64. The van der Waals surface area contributed by atoms with Crippen LogP contribution in [0.3, 0.4) is 0 Å². The van der Waals surface area contributed by atoms with Crippen LogP contribution < -0.4 is 0 Å². The van der Waals surface area contributed by atoms with Crippen molar-refractivity contribution in [3.05, 3.63) is 36.5 Å². The van der Waals surface area contributed by atoms with Gasteiger partial charge in [0.05, 0.1) is 18.2 Å². The Morgan fingerprint density at radius 3 is 3.08 bits per heavy atom. The van der Waals surface area contributed by atoms with Gasteiger partial charge in [0, 0.05) is 43.5 Å². The molecule has 1 saturated carbocycles. The molecule has 0 unspecified atom stereocenters. The molecular weight excluding hydrogens is 328 g/mol. The summed E-state index contributed by atoms with van der Waals surface area (Å²) in [4.78, 5) is 26.6. The summed E-state index contributed by atoms with van der Waals surface area (Å²) in [6.45, 7) is 1.21. The predicted molar refractivity (Wildman–Crippen MR) is 97.2 cm³/mol. The second-order valence-electron chi connectivity index (χ2n) is 6.79. The standard InChI is InChI=1S/C19H20N6O/c1-24-11-14(17-15-5-7-21-18(15)23-12-22-17)9-16(24)19(26)25(8-2-6-20)10-13-3-4-13/h5,7,9,11-13H,2-4,8,10H2,1H3,(H,21,22,23). The van der Waals surface area contributed by atoms with Gasteiger partial charge in [-0.1, -0.05) is 0 Å². The van der Waals surface area contributed by atoms with Gasteiger partial charge < -0.3 is 14.5 Å². The minimum absolute atomic E-state index is 0.0275. The number of aromatic nitrogens is 4. The van der Waals surface area contributed by atoms with E-state index in [4.69, 9.17) is 5.26 Å². The maximum atomic E-state index is 13.0. The second-order valence-corrected chi connectivity index (χ2v) is 6.79. The highest BCUT2D eigenvalue weighted by Crippen LogP contribution is 2.31. The SMILES string of the molecule is Cn1cc(-c2ncnc3[nH]ccc23)cc1C(=O)N(CCC#N)CC1CC1. The number of carbonyl (C=O) groups is 1. The Morgan fingerprint density at radius 2 is 2.31 bits per heavy atom. The third-order valence-electron chi connectivity index (χ3n) is 4.81. The smallest absolute Gasteiger partial charge is 0.270 e. The Bertz CT molecular complexity index is 991. The largest absolute Gasteiger partial charge is 0.346 e. The third-order valence-corrected chi connectivity index (χ3v) is 4.81. The summed E-state index contributed by atoms with van der Waals surface area (Å²) >= 11 is 0. The normalized spacial score (nSPS) is 13.7. The van der Waals surface area contributed by atoms with E-state index < -0.39 is 0 Å². The van der Waals surface area contributed by atoms with Gasteiger partial charge in [-0.3, -0.25) is 4.79 Å². The van der Waals surface area contributed by atoms with Gasteiger partial charge in [0.2, 0.25) is 0 Å². The molecule has 1 N–H and O–H groups in total. The maximum absolute atomic E-state index is 13.0. The highest BCUT2D eigenvalue weighted by molar-refractivity contribution is 5.96. The van der Waals surface area contributed by atoms with Crippen LogP contribution in [0.5, 0.6) is 0 Å². The number of hydrogen-bond acceptors (Lipinski definition) is 4. The summed E-state index contributed by atoms with van der Waals surface area (Å²) in [5, 5.41) is 9.82. The van der Waals surface area contributed by atoms with Crippen LogP contribution in [-0.2, 0) is 7.05 Å². The number of carbonyl (C=O) groups excluding carboxylic acids is 1. The lowest BCUT2D eigenvalue weighted by Crippen LogP contribution is -2.34. The molecule has 0 aliphatic heterocycles. The van der Waals surface area contributed by atoms with Gasteiger partial charge in [-0.25, -0.2) is 9.97 Å². The first kappa shape index (κ1) is 16.3. The first-order valence-electron chi connectivity index (χ1n) is 8.78. The molecule has 0 radical (unpaired) electrons. The van der Waals surface area contributed by atoms with E-state index in [9.17, 15) is 4.79 Å². The summed E-state index contributed by atoms with van der Waals surface area (Å²) in [6.07, 6.45) is 7.96. The van der Waals surface area contributed by atoms with Gasteiger partial charge in [0.25, 0.3) is 5.91 Å². The molecule has 3 aromatic rings. The van der Waals surface area contributed by atoms with E-state index in [-0.39, 0.29) is 5.91 Å². The Kier molecular flexibility index (Phi) is 4.17. The lowest BCUT2D eigenvalue weighted by molar-refractivity contribution is 0.0742. The summed E-state index contributed by atoms with van der Waals surface area (Å²) in [6, 6.07) is 5.95. The lowest BCUT2D eigenvalue weighted by atomic mass is 10.1. The van der Waals surface area contributed by atoms with E-state index in [1.807, 2.05) is 41.0 Å². The minimum Gasteiger partial charge on any atom is -0.346 e. The molecule has 7 nitrogen and oxygen atoms in total. The molecule has 7 heteroatoms. The molecule has 3 aromatic heterocycles. The van der Waals surface area contributed by atoms with E-state index in [0.29, 0.717) is 24.6 Å². The molecule has 26 heavy (non-hydrogen) atoms. The number of nitrogens with one attached hydrogen (secondary N) is 1. The Balaban J connectivity index is 1.66. The third kappa shape index (κ3) is 3.06. The van der Waals surface area contributed by atoms with Crippen LogP contribution in [0.4, 0.5) is 0 Å². The predicted octanol–water partition coefficient (Wildman–Crippen LogP) is 2.73. The van der Waals surface area contributed by atoms with Crippen LogP contribution in [0, 0.1) is 17.2 Å². The molecule has 1 amide bonds. The van der Waals surface area contributed by atoms with Crippen molar-refractivity contribution in [2.24, 2.45) is 13.0 Å². The lowest BCUT2D eigenvalue weighted by Gasteiger charge is -2.21. The molecule has 1 fully saturated rings. The van der Waals surface area contributed by atoms with Gasteiger partial charge in [0.1, 0.15) is 17.7 Å².